The third-order valence-corrected chi connectivity index (χ3v) is 4.66. The summed E-state index contributed by atoms with van der Waals surface area (Å²) in [6.07, 6.45) is 1.20. The number of hydrogen-bond acceptors (Lipinski definition) is 6. The third kappa shape index (κ3) is 6.34. The Morgan fingerprint density at radius 1 is 0.862 bits per heavy atom. The molecule has 0 unspecified atom stereocenters. The van der Waals surface area contributed by atoms with Gasteiger partial charge in [0.05, 0.1) is 6.08 Å². The smallest absolute Gasteiger partial charge is 0.360 e. The SMILES string of the molecule is O=C(/C=C(\C(=O)Oc1ccccc1)N1CCN(CCCl)CC1)Oc1ccccc1. The van der Waals surface area contributed by atoms with Gasteiger partial charge in [0.1, 0.15) is 17.2 Å². The standard InChI is InChI=1S/C22H23ClN2O4/c23-11-12-24-13-15-25(16-14-24)20(22(27)29-19-9-5-2-6-10-19)17-21(26)28-18-7-3-1-4-8-18/h1-10,17H,11-16H2/b20-17+. The maximum absolute atomic E-state index is 12.8. The Morgan fingerprint density at radius 3 is 1.97 bits per heavy atom. The van der Waals surface area contributed by atoms with E-state index < -0.39 is 11.9 Å². The monoisotopic (exact) mass is 414 g/mol. The fraction of sp³-hybridized carbons (Fsp3) is 0.273. The molecular formula is C22H23ClN2O4. The maximum atomic E-state index is 12.8. The number of para-hydroxylation sites is 2. The second-order valence-electron chi connectivity index (χ2n) is 6.48. The molecule has 0 aliphatic carbocycles. The van der Waals surface area contributed by atoms with Crippen molar-refractivity contribution in [3.8, 4) is 11.5 Å². The Balaban J connectivity index is 1.75. The van der Waals surface area contributed by atoms with Gasteiger partial charge in [0.2, 0.25) is 0 Å². The minimum atomic E-state index is -0.626. The number of benzene rings is 2. The molecule has 1 aliphatic heterocycles. The molecule has 1 aliphatic rings. The molecule has 2 aromatic carbocycles. The molecule has 0 N–H and O–H groups in total. The van der Waals surface area contributed by atoms with Gasteiger partial charge in [0.25, 0.3) is 0 Å². The lowest BCUT2D eigenvalue weighted by atomic mass is 10.2. The topological polar surface area (TPSA) is 59.1 Å². The first-order chi connectivity index (χ1) is 14.2. The fourth-order valence-corrected chi connectivity index (χ4v) is 3.24. The average molecular weight is 415 g/mol. The molecule has 0 bridgehead atoms. The first kappa shape index (κ1) is 20.9. The molecule has 6 nitrogen and oxygen atoms in total. The molecule has 1 saturated heterocycles. The molecule has 152 valence electrons. The number of piperazine rings is 1. The lowest BCUT2D eigenvalue weighted by Crippen LogP contribution is -2.48. The third-order valence-electron chi connectivity index (χ3n) is 4.49. The highest BCUT2D eigenvalue weighted by molar-refractivity contribution is 6.18. The first-order valence-electron chi connectivity index (χ1n) is 9.45. The van der Waals surface area contributed by atoms with Crippen molar-refractivity contribution in [1.82, 2.24) is 9.80 Å². The zero-order valence-corrected chi connectivity index (χ0v) is 16.8. The molecule has 0 radical (unpaired) electrons. The van der Waals surface area contributed by atoms with Crippen LogP contribution in [0.1, 0.15) is 0 Å². The number of esters is 2. The average Bonchev–Trinajstić information content (AvgIpc) is 2.74. The fourth-order valence-electron chi connectivity index (χ4n) is 3.00. The molecule has 1 fully saturated rings. The van der Waals surface area contributed by atoms with Crippen molar-refractivity contribution in [2.75, 3.05) is 38.6 Å². The van der Waals surface area contributed by atoms with E-state index in [9.17, 15) is 9.59 Å². The van der Waals surface area contributed by atoms with E-state index in [2.05, 4.69) is 4.90 Å². The summed E-state index contributed by atoms with van der Waals surface area (Å²) in [5.74, 6) is 0.172. The van der Waals surface area contributed by atoms with Crippen molar-refractivity contribution in [3.05, 3.63) is 72.4 Å². The van der Waals surface area contributed by atoms with Crippen LogP contribution in [0.2, 0.25) is 0 Å². The van der Waals surface area contributed by atoms with Crippen molar-refractivity contribution in [3.63, 3.8) is 0 Å². The van der Waals surface area contributed by atoms with Crippen LogP contribution in [0.3, 0.4) is 0 Å². The summed E-state index contributed by atoms with van der Waals surface area (Å²) in [5, 5.41) is 0. The van der Waals surface area contributed by atoms with Crippen LogP contribution < -0.4 is 9.47 Å². The van der Waals surface area contributed by atoms with Gasteiger partial charge in [0.15, 0.2) is 0 Å². The van der Waals surface area contributed by atoms with Gasteiger partial charge in [-0.2, -0.15) is 0 Å². The number of carbonyl (C=O) groups is 2. The van der Waals surface area contributed by atoms with Crippen molar-refractivity contribution < 1.29 is 19.1 Å². The quantitative estimate of drug-likeness (QED) is 0.300. The number of ether oxygens (including phenoxy) is 2. The van der Waals surface area contributed by atoms with Crippen LogP contribution in [0.15, 0.2) is 72.4 Å². The highest BCUT2D eigenvalue weighted by Gasteiger charge is 2.25. The second kappa shape index (κ2) is 10.6. The van der Waals surface area contributed by atoms with E-state index in [1.807, 2.05) is 17.0 Å². The highest BCUT2D eigenvalue weighted by atomic mass is 35.5. The molecule has 0 aromatic heterocycles. The molecule has 0 spiro atoms. The van der Waals surface area contributed by atoms with E-state index in [0.29, 0.717) is 30.5 Å². The van der Waals surface area contributed by atoms with Crippen LogP contribution in [0.4, 0.5) is 0 Å². The molecular weight excluding hydrogens is 392 g/mol. The molecule has 1 heterocycles. The minimum Gasteiger partial charge on any atom is -0.423 e. The number of nitrogens with zero attached hydrogens (tertiary/aromatic N) is 2. The van der Waals surface area contributed by atoms with E-state index in [-0.39, 0.29) is 5.70 Å². The van der Waals surface area contributed by atoms with E-state index >= 15 is 0 Å². The Bertz CT molecular complexity index is 834. The zero-order chi connectivity index (χ0) is 20.5. The maximum Gasteiger partial charge on any atom is 0.360 e. The number of hydrogen-bond donors (Lipinski definition) is 0. The molecule has 0 atom stereocenters. The van der Waals surface area contributed by atoms with Gasteiger partial charge in [-0.15, -0.1) is 11.6 Å². The number of carbonyl (C=O) groups excluding carboxylic acids is 2. The Labute approximate surface area is 175 Å². The number of alkyl halides is 1. The van der Waals surface area contributed by atoms with E-state index in [1.54, 1.807) is 48.5 Å². The van der Waals surface area contributed by atoms with Gasteiger partial charge < -0.3 is 14.4 Å². The van der Waals surface area contributed by atoms with Crippen LogP contribution in [-0.4, -0.2) is 60.3 Å². The summed E-state index contributed by atoms with van der Waals surface area (Å²) in [4.78, 5) is 29.3. The van der Waals surface area contributed by atoms with Gasteiger partial charge in [-0.1, -0.05) is 36.4 Å². The number of rotatable bonds is 7. The summed E-state index contributed by atoms with van der Waals surface area (Å²) in [7, 11) is 0. The Kier molecular flexibility index (Phi) is 7.67. The summed E-state index contributed by atoms with van der Waals surface area (Å²) >= 11 is 5.82. The summed E-state index contributed by atoms with van der Waals surface area (Å²) < 4.78 is 10.8. The first-order valence-corrected chi connectivity index (χ1v) is 9.98. The predicted octanol–water partition coefficient (Wildman–Crippen LogP) is 2.94. The van der Waals surface area contributed by atoms with Crippen molar-refractivity contribution >= 4 is 23.5 Å². The van der Waals surface area contributed by atoms with Gasteiger partial charge in [0, 0.05) is 38.6 Å². The summed E-state index contributed by atoms with van der Waals surface area (Å²) in [6.45, 7) is 3.46. The van der Waals surface area contributed by atoms with Crippen LogP contribution in [0.5, 0.6) is 11.5 Å². The van der Waals surface area contributed by atoms with E-state index in [1.165, 1.54) is 6.08 Å². The number of halogens is 1. The van der Waals surface area contributed by atoms with Gasteiger partial charge in [-0.05, 0) is 24.3 Å². The summed E-state index contributed by atoms with van der Waals surface area (Å²) in [6, 6.07) is 17.5. The van der Waals surface area contributed by atoms with Crippen molar-refractivity contribution in [2.24, 2.45) is 0 Å². The van der Waals surface area contributed by atoms with Gasteiger partial charge >= 0.3 is 11.9 Å². The summed E-state index contributed by atoms with van der Waals surface area (Å²) in [5.41, 5.74) is 0.181. The normalized spacial score (nSPS) is 15.1. The molecule has 7 heteroatoms. The van der Waals surface area contributed by atoms with Crippen LogP contribution in [-0.2, 0) is 9.59 Å². The Hall–Kier alpha value is -2.83. The van der Waals surface area contributed by atoms with Crippen LogP contribution in [0.25, 0.3) is 0 Å². The minimum absolute atomic E-state index is 0.181. The van der Waals surface area contributed by atoms with Crippen LogP contribution in [0, 0.1) is 0 Å². The molecule has 0 amide bonds. The lowest BCUT2D eigenvalue weighted by molar-refractivity contribution is -0.134. The van der Waals surface area contributed by atoms with E-state index in [0.717, 1.165) is 19.6 Å². The molecule has 2 aromatic rings. The van der Waals surface area contributed by atoms with E-state index in [4.69, 9.17) is 21.1 Å². The predicted molar refractivity (Wildman–Crippen MR) is 111 cm³/mol. The largest absolute Gasteiger partial charge is 0.423 e. The van der Waals surface area contributed by atoms with Crippen LogP contribution >= 0.6 is 11.6 Å². The lowest BCUT2D eigenvalue weighted by Gasteiger charge is -2.36. The molecule has 3 rings (SSSR count). The highest BCUT2D eigenvalue weighted by Crippen LogP contribution is 2.17. The molecule has 0 saturated carbocycles. The Morgan fingerprint density at radius 2 is 1.41 bits per heavy atom. The molecule has 29 heavy (non-hydrogen) atoms. The second-order valence-corrected chi connectivity index (χ2v) is 6.86. The van der Waals surface area contributed by atoms with Gasteiger partial charge in [-0.25, -0.2) is 9.59 Å². The zero-order valence-electron chi connectivity index (χ0n) is 16.0. The van der Waals surface area contributed by atoms with Crippen molar-refractivity contribution in [1.29, 1.82) is 0 Å². The van der Waals surface area contributed by atoms with Gasteiger partial charge in [-0.3, -0.25) is 4.90 Å². The van der Waals surface area contributed by atoms with Crippen molar-refractivity contribution in [2.45, 2.75) is 0 Å².